The van der Waals surface area contributed by atoms with Crippen LogP contribution in [0.25, 0.3) is 0 Å². The molecule has 156 valence electrons. The van der Waals surface area contributed by atoms with Crippen LogP contribution in [0.2, 0.25) is 5.02 Å². The molecule has 6 nitrogen and oxygen atoms in total. The van der Waals surface area contributed by atoms with Gasteiger partial charge in [-0.1, -0.05) is 30.7 Å². The molecular formula is C21H26ClN3O3S. The Bertz CT molecular complexity index is 974. The molecule has 3 rings (SSSR count). The molecule has 0 unspecified atom stereocenters. The molecule has 0 atom stereocenters. The number of carbonyl (C=O) groups excluding carboxylic acids is 1. The lowest BCUT2D eigenvalue weighted by Gasteiger charge is -2.47. The number of benzene rings is 1. The van der Waals surface area contributed by atoms with Crippen LogP contribution in [0.5, 0.6) is 0 Å². The number of nitrogens with zero attached hydrogens (tertiary/aromatic N) is 1. The molecule has 1 amide bonds. The first kappa shape index (κ1) is 21.7. The lowest BCUT2D eigenvalue weighted by atomic mass is 9.63. The number of amides is 1. The molecule has 1 aliphatic carbocycles. The Balaban J connectivity index is 1.72. The normalized spacial score (nSPS) is 21.4. The van der Waals surface area contributed by atoms with Gasteiger partial charge < -0.3 is 5.32 Å². The van der Waals surface area contributed by atoms with Gasteiger partial charge in [-0.15, -0.1) is 0 Å². The lowest BCUT2D eigenvalue weighted by molar-refractivity contribution is 0.0914. The molecule has 0 radical (unpaired) electrons. The highest BCUT2D eigenvalue weighted by molar-refractivity contribution is 7.89. The third-order valence-electron chi connectivity index (χ3n) is 5.26. The fourth-order valence-electron chi connectivity index (χ4n) is 3.82. The average Bonchev–Trinajstić information content (AvgIpc) is 2.63. The third kappa shape index (κ3) is 5.15. The average molecular weight is 436 g/mol. The minimum Gasteiger partial charge on any atom is -0.351 e. The number of aryl methyl sites for hydroxylation is 1. The van der Waals surface area contributed by atoms with Crippen molar-refractivity contribution in [2.24, 2.45) is 0 Å². The standard InChI is InChI=1S/C21H26ClN3O3S/c1-3-10-29(27,28)25-16-12-21(13-16,19-6-4-5-9-23-19)14-24-20(26)17-8-7-15(2)11-18(17)22/h4-9,11,16,25H,3,10,12-14H2,1-2H3,(H,24,26). The Labute approximate surface area is 177 Å². The van der Waals surface area contributed by atoms with Crippen molar-refractivity contribution in [3.63, 3.8) is 0 Å². The maximum Gasteiger partial charge on any atom is 0.252 e. The largest absolute Gasteiger partial charge is 0.351 e. The lowest BCUT2D eigenvalue weighted by Crippen LogP contribution is -2.58. The van der Waals surface area contributed by atoms with Crippen molar-refractivity contribution in [2.75, 3.05) is 12.3 Å². The van der Waals surface area contributed by atoms with Crippen LogP contribution >= 0.6 is 11.6 Å². The molecule has 1 fully saturated rings. The van der Waals surface area contributed by atoms with Crippen molar-refractivity contribution in [3.8, 4) is 0 Å². The van der Waals surface area contributed by atoms with E-state index in [2.05, 4.69) is 15.0 Å². The van der Waals surface area contributed by atoms with Gasteiger partial charge in [0.05, 0.1) is 16.3 Å². The van der Waals surface area contributed by atoms with Gasteiger partial charge in [-0.05, 0) is 56.0 Å². The van der Waals surface area contributed by atoms with Crippen LogP contribution in [-0.2, 0) is 15.4 Å². The molecule has 0 saturated heterocycles. The van der Waals surface area contributed by atoms with Gasteiger partial charge in [0.15, 0.2) is 0 Å². The molecule has 0 spiro atoms. The molecule has 0 aliphatic heterocycles. The summed E-state index contributed by atoms with van der Waals surface area (Å²) in [5.41, 5.74) is 1.85. The first-order valence-corrected chi connectivity index (χ1v) is 11.7. The summed E-state index contributed by atoms with van der Waals surface area (Å²) in [6, 6.07) is 10.8. The fraction of sp³-hybridized carbons (Fsp3) is 0.429. The predicted octanol–water partition coefficient (Wildman–Crippen LogP) is 3.20. The monoisotopic (exact) mass is 435 g/mol. The molecule has 1 aromatic carbocycles. The summed E-state index contributed by atoms with van der Waals surface area (Å²) in [5.74, 6) is -0.136. The first-order valence-electron chi connectivity index (χ1n) is 9.70. The van der Waals surface area contributed by atoms with Crippen LogP contribution < -0.4 is 10.0 Å². The predicted molar refractivity (Wildman–Crippen MR) is 115 cm³/mol. The molecule has 29 heavy (non-hydrogen) atoms. The van der Waals surface area contributed by atoms with E-state index in [0.29, 0.717) is 36.4 Å². The number of aromatic nitrogens is 1. The van der Waals surface area contributed by atoms with Crippen LogP contribution in [0, 0.1) is 6.92 Å². The highest BCUT2D eigenvalue weighted by atomic mass is 35.5. The Morgan fingerprint density at radius 3 is 2.66 bits per heavy atom. The van der Waals surface area contributed by atoms with E-state index in [-0.39, 0.29) is 17.7 Å². The fourth-order valence-corrected chi connectivity index (χ4v) is 5.47. The Morgan fingerprint density at radius 2 is 2.03 bits per heavy atom. The minimum atomic E-state index is -3.28. The summed E-state index contributed by atoms with van der Waals surface area (Å²) in [4.78, 5) is 17.1. The molecule has 1 heterocycles. The van der Waals surface area contributed by atoms with E-state index in [1.165, 1.54) is 0 Å². The van der Waals surface area contributed by atoms with E-state index in [9.17, 15) is 13.2 Å². The second-order valence-electron chi connectivity index (χ2n) is 7.70. The van der Waals surface area contributed by atoms with Crippen molar-refractivity contribution in [1.82, 2.24) is 15.0 Å². The SMILES string of the molecule is CCCS(=O)(=O)NC1CC(CNC(=O)c2ccc(C)cc2Cl)(c2ccccn2)C1. The molecule has 0 bridgehead atoms. The highest BCUT2D eigenvalue weighted by Gasteiger charge is 2.47. The van der Waals surface area contributed by atoms with E-state index in [1.807, 2.05) is 38.1 Å². The van der Waals surface area contributed by atoms with E-state index in [4.69, 9.17) is 11.6 Å². The number of hydrogen-bond donors (Lipinski definition) is 2. The van der Waals surface area contributed by atoms with Crippen molar-refractivity contribution in [3.05, 3.63) is 64.4 Å². The zero-order valence-electron chi connectivity index (χ0n) is 16.6. The number of sulfonamides is 1. The summed E-state index contributed by atoms with van der Waals surface area (Å²) in [7, 11) is -3.28. The third-order valence-corrected chi connectivity index (χ3v) is 7.21. The molecule has 2 N–H and O–H groups in total. The first-order chi connectivity index (χ1) is 13.7. The number of halogens is 1. The molecule has 8 heteroatoms. The number of pyridine rings is 1. The smallest absolute Gasteiger partial charge is 0.252 e. The van der Waals surface area contributed by atoms with Gasteiger partial charge in [-0.2, -0.15) is 0 Å². The van der Waals surface area contributed by atoms with Gasteiger partial charge >= 0.3 is 0 Å². The summed E-state index contributed by atoms with van der Waals surface area (Å²) in [6.45, 7) is 4.11. The minimum absolute atomic E-state index is 0.114. The highest BCUT2D eigenvalue weighted by Crippen LogP contribution is 2.43. The van der Waals surface area contributed by atoms with Crippen molar-refractivity contribution in [2.45, 2.75) is 44.6 Å². The van der Waals surface area contributed by atoms with Gasteiger partial charge in [0.1, 0.15) is 0 Å². The van der Waals surface area contributed by atoms with Crippen LogP contribution in [0.1, 0.15) is 47.8 Å². The molecular weight excluding hydrogens is 410 g/mol. The second kappa shape index (κ2) is 8.81. The van der Waals surface area contributed by atoms with Gasteiger partial charge in [0.2, 0.25) is 10.0 Å². The van der Waals surface area contributed by atoms with E-state index in [1.54, 1.807) is 18.3 Å². The quantitative estimate of drug-likeness (QED) is 0.666. The zero-order chi connectivity index (χ0) is 21.1. The van der Waals surface area contributed by atoms with Gasteiger partial charge in [0, 0.05) is 29.9 Å². The summed E-state index contributed by atoms with van der Waals surface area (Å²) < 4.78 is 26.9. The van der Waals surface area contributed by atoms with Crippen LogP contribution in [0.3, 0.4) is 0 Å². The van der Waals surface area contributed by atoms with Crippen LogP contribution in [0.15, 0.2) is 42.6 Å². The number of hydrogen-bond acceptors (Lipinski definition) is 4. The van der Waals surface area contributed by atoms with Crippen molar-refractivity contribution >= 4 is 27.5 Å². The van der Waals surface area contributed by atoms with Gasteiger partial charge in [-0.25, -0.2) is 13.1 Å². The molecule has 1 aromatic heterocycles. The molecule has 1 aliphatic rings. The van der Waals surface area contributed by atoms with Crippen molar-refractivity contribution in [1.29, 1.82) is 0 Å². The summed E-state index contributed by atoms with van der Waals surface area (Å²) >= 11 is 6.21. The van der Waals surface area contributed by atoms with E-state index < -0.39 is 15.4 Å². The maximum absolute atomic E-state index is 12.7. The molecule has 1 saturated carbocycles. The number of rotatable bonds is 8. The van der Waals surface area contributed by atoms with Gasteiger partial charge in [-0.3, -0.25) is 9.78 Å². The topological polar surface area (TPSA) is 88.2 Å². The van der Waals surface area contributed by atoms with E-state index in [0.717, 1.165) is 11.3 Å². The number of nitrogens with one attached hydrogen (secondary N) is 2. The van der Waals surface area contributed by atoms with Crippen LogP contribution in [-0.4, -0.2) is 37.6 Å². The Morgan fingerprint density at radius 1 is 1.28 bits per heavy atom. The maximum atomic E-state index is 12.7. The Kier molecular flexibility index (Phi) is 6.61. The summed E-state index contributed by atoms with van der Waals surface area (Å²) in [6.07, 6.45) is 3.44. The number of carbonyl (C=O) groups is 1. The molecule has 2 aromatic rings. The summed E-state index contributed by atoms with van der Waals surface area (Å²) in [5, 5.41) is 3.38. The van der Waals surface area contributed by atoms with E-state index >= 15 is 0 Å². The Hall–Kier alpha value is -1.96. The van der Waals surface area contributed by atoms with Crippen LogP contribution in [0.4, 0.5) is 0 Å². The zero-order valence-corrected chi connectivity index (χ0v) is 18.2. The van der Waals surface area contributed by atoms with Crippen molar-refractivity contribution < 1.29 is 13.2 Å². The second-order valence-corrected chi connectivity index (χ2v) is 9.98. The van der Waals surface area contributed by atoms with Gasteiger partial charge in [0.25, 0.3) is 5.91 Å².